The van der Waals surface area contributed by atoms with Crippen LogP contribution in [0.2, 0.25) is 0 Å². The summed E-state index contributed by atoms with van der Waals surface area (Å²) in [6.45, 7) is 12.2. The van der Waals surface area contributed by atoms with Crippen LogP contribution in [0.3, 0.4) is 0 Å². The molecule has 4 rings (SSSR count). The Balaban J connectivity index is 1.49. The minimum Gasteiger partial charge on any atom is -0.490 e. The van der Waals surface area contributed by atoms with Crippen LogP contribution in [0.4, 0.5) is 4.79 Å². The lowest BCUT2D eigenvalue weighted by atomic mass is 9.84. The molecule has 1 aliphatic heterocycles. The second kappa shape index (κ2) is 11.2. The number of ether oxygens (including phenoxy) is 4. The van der Waals surface area contributed by atoms with E-state index in [4.69, 9.17) is 18.9 Å². The number of nitrogens with one attached hydrogen (secondary N) is 1. The standard InChI is InChI=1S/C31H45NO5/c1-7-8-9-22-10-15-26(16-11-22)36-27-17-13-23-18-25(14-12-24(23)19-27)31(20-34-30(5,6)35-21-31)32-28(33)37-29(2,3)4/h12-14,17-19,22,26H,7-11,15-16,20-21H2,1-6H3,(H,32,33). The number of benzene rings is 2. The fraction of sp³-hybridized carbons (Fsp3) is 0.645. The van der Waals surface area contributed by atoms with E-state index in [1.165, 1.54) is 32.1 Å². The molecule has 1 saturated heterocycles. The molecule has 2 fully saturated rings. The zero-order valence-corrected chi connectivity index (χ0v) is 23.5. The van der Waals surface area contributed by atoms with E-state index < -0.39 is 23.0 Å². The van der Waals surface area contributed by atoms with Crippen molar-refractivity contribution >= 4 is 16.9 Å². The van der Waals surface area contributed by atoms with Crippen molar-refractivity contribution in [2.75, 3.05) is 13.2 Å². The Morgan fingerprint density at radius 1 is 1.00 bits per heavy atom. The van der Waals surface area contributed by atoms with E-state index in [1.807, 2.05) is 40.7 Å². The van der Waals surface area contributed by atoms with Gasteiger partial charge in [0.05, 0.1) is 19.3 Å². The minimum absolute atomic E-state index is 0.285. The quantitative estimate of drug-likeness (QED) is 0.418. The third-order valence-electron chi connectivity index (χ3n) is 7.50. The Kier molecular flexibility index (Phi) is 8.39. The molecule has 0 spiro atoms. The first-order chi connectivity index (χ1) is 17.5. The van der Waals surface area contributed by atoms with E-state index in [0.717, 1.165) is 40.8 Å². The molecule has 6 nitrogen and oxygen atoms in total. The van der Waals surface area contributed by atoms with Crippen molar-refractivity contribution in [3.05, 3.63) is 42.0 Å². The SMILES string of the molecule is CCCCC1CCC(Oc2ccc3cc(C4(NC(=O)OC(C)(C)C)COC(C)(C)OC4)ccc3c2)CC1. The molecule has 6 heteroatoms. The van der Waals surface area contributed by atoms with Crippen LogP contribution in [0.1, 0.15) is 92.1 Å². The molecular formula is C31H45NO5. The van der Waals surface area contributed by atoms with Crippen LogP contribution >= 0.6 is 0 Å². The predicted octanol–water partition coefficient (Wildman–Crippen LogP) is 7.47. The number of rotatable bonds is 7. The van der Waals surface area contributed by atoms with Crippen molar-refractivity contribution in [1.29, 1.82) is 0 Å². The molecule has 2 aromatic carbocycles. The molecule has 204 valence electrons. The lowest BCUT2D eigenvalue weighted by molar-refractivity contribution is -0.272. The zero-order chi connectivity index (χ0) is 26.7. The first-order valence-corrected chi connectivity index (χ1v) is 14.0. The van der Waals surface area contributed by atoms with Gasteiger partial charge >= 0.3 is 6.09 Å². The topological polar surface area (TPSA) is 66.0 Å². The summed E-state index contributed by atoms with van der Waals surface area (Å²) in [5.74, 6) is 1.08. The van der Waals surface area contributed by atoms with Crippen molar-refractivity contribution < 1.29 is 23.7 Å². The number of alkyl carbamates (subject to hydrolysis) is 1. The Bertz CT molecular complexity index is 1050. The highest BCUT2D eigenvalue weighted by atomic mass is 16.7. The minimum atomic E-state index is -0.850. The van der Waals surface area contributed by atoms with Crippen molar-refractivity contribution in [3.8, 4) is 5.75 Å². The molecule has 0 aromatic heterocycles. The first-order valence-electron chi connectivity index (χ1n) is 14.0. The normalized spacial score (nSPS) is 23.4. The summed E-state index contributed by atoms with van der Waals surface area (Å²) in [7, 11) is 0. The van der Waals surface area contributed by atoms with Gasteiger partial charge in [0.2, 0.25) is 0 Å². The van der Waals surface area contributed by atoms with Gasteiger partial charge in [-0.3, -0.25) is 0 Å². The van der Waals surface area contributed by atoms with Crippen LogP contribution in [0.15, 0.2) is 36.4 Å². The number of hydrogen-bond donors (Lipinski definition) is 1. The van der Waals surface area contributed by atoms with Crippen molar-refractivity contribution in [2.45, 2.75) is 110 Å². The second-order valence-corrected chi connectivity index (χ2v) is 12.3. The molecule has 1 aliphatic carbocycles. The fourth-order valence-electron chi connectivity index (χ4n) is 5.31. The maximum atomic E-state index is 12.8. The van der Waals surface area contributed by atoms with E-state index in [1.54, 1.807) is 0 Å². The Morgan fingerprint density at radius 3 is 2.30 bits per heavy atom. The summed E-state index contributed by atoms with van der Waals surface area (Å²) >= 11 is 0. The molecule has 1 saturated carbocycles. The van der Waals surface area contributed by atoms with Crippen LogP contribution < -0.4 is 10.1 Å². The Hall–Kier alpha value is -2.31. The molecule has 1 amide bonds. The molecule has 1 N–H and O–H groups in total. The second-order valence-electron chi connectivity index (χ2n) is 12.3. The molecule has 2 aromatic rings. The molecule has 2 aliphatic rings. The Labute approximate surface area is 222 Å². The van der Waals surface area contributed by atoms with Gasteiger partial charge in [0.25, 0.3) is 0 Å². The van der Waals surface area contributed by atoms with Gasteiger partial charge in [-0.2, -0.15) is 0 Å². The van der Waals surface area contributed by atoms with Crippen LogP contribution in [0.5, 0.6) is 5.75 Å². The number of fused-ring (bicyclic) bond motifs is 1. The highest BCUT2D eigenvalue weighted by molar-refractivity contribution is 5.85. The van der Waals surface area contributed by atoms with Crippen molar-refractivity contribution in [2.24, 2.45) is 5.92 Å². The van der Waals surface area contributed by atoms with Crippen LogP contribution in [-0.4, -0.2) is 36.8 Å². The van der Waals surface area contributed by atoms with Gasteiger partial charge in [-0.25, -0.2) is 4.79 Å². The number of hydrogen-bond acceptors (Lipinski definition) is 5. The highest BCUT2D eigenvalue weighted by Gasteiger charge is 2.43. The van der Waals surface area contributed by atoms with Crippen LogP contribution in [-0.2, 0) is 19.7 Å². The maximum Gasteiger partial charge on any atom is 0.408 e. The molecule has 0 atom stereocenters. The summed E-state index contributed by atoms with van der Waals surface area (Å²) in [6, 6.07) is 12.5. The molecular weight excluding hydrogens is 466 g/mol. The van der Waals surface area contributed by atoms with E-state index >= 15 is 0 Å². The molecule has 37 heavy (non-hydrogen) atoms. The summed E-state index contributed by atoms with van der Waals surface area (Å²) in [5.41, 5.74) is -0.534. The predicted molar refractivity (Wildman–Crippen MR) is 147 cm³/mol. The van der Waals surface area contributed by atoms with Gasteiger partial charge in [-0.05, 0) is 101 Å². The highest BCUT2D eigenvalue weighted by Crippen LogP contribution is 2.35. The lowest BCUT2D eigenvalue weighted by Gasteiger charge is -2.44. The van der Waals surface area contributed by atoms with Crippen molar-refractivity contribution in [3.63, 3.8) is 0 Å². The number of carbonyl (C=O) groups excluding carboxylic acids is 1. The average molecular weight is 512 g/mol. The van der Waals surface area contributed by atoms with Gasteiger partial charge in [-0.1, -0.05) is 44.4 Å². The van der Waals surface area contributed by atoms with Crippen LogP contribution in [0.25, 0.3) is 10.8 Å². The molecule has 0 radical (unpaired) electrons. The number of unbranched alkanes of at least 4 members (excludes halogenated alkanes) is 1. The monoisotopic (exact) mass is 511 g/mol. The van der Waals surface area contributed by atoms with Crippen molar-refractivity contribution in [1.82, 2.24) is 5.32 Å². The maximum absolute atomic E-state index is 12.8. The Morgan fingerprint density at radius 2 is 1.65 bits per heavy atom. The van der Waals surface area contributed by atoms with E-state index in [2.05, 4.69) is 42.6 Å². The van der Waals surface area contributed by atoms with Crippen LogP contribution in [0, 0.1) is 5.92 Å². The van der Waals surface area contributed by atoms with Gasteiger partial charge in [-0.15, -0.1) is 0 Å². The van der Waals surface area contributed by atoms with E-state index in [-0.39, 0.29) is 13.2 Å². The third-order valence-corrected chi connectivity index (χ3v) is 7.50. The summed E-state index contributed by atoms with van der Waals surface area (Å²) in [6.07, 6.45) is 8.62. The first kappa shape index (κ1) is 27.7. The van der Waals surface area contributed by atoms with E-state index in [9.17, 15) is 4.79 Å². The summed E-state index contributed by atoms with van der Waals surface area (Å²) in [4.78, 5) is 12.8. The van der Waals surface area contributed by atoms with Gasteiger partial charge in [0.15, 0.2) is 5.79 Å². The fourth-order valence-corrected chi connectivity index (χ4v) is 5.31. The number of amides is 1. The van der Waals surface area contributed by atoms with Gasteiger partial charge in [0.1, 0.15) is 16.9 Å². The molecule has 1 heterocycles. The summed E-state index contributed by atoms with van der Waals surface area (Å²) in [5, 5.41) is 5.23. The average Bonchev–Trinajstić information content (AvgIpc) is 2.83. The zero-order valence-electron chi connectivity index (χ0n) is 23.5. The third kappa shape index (κ3) is 7.38. The number of carbonyl (C=O) groups is 1. The van der Waals surface area contributed by atoms with E-state index in [0.29, 0.717) is 6.10 Å². The van der Waals surface area contributed by atoms with Gasteiger partial charge in [0, 0.05) is 0 Å². The lowest BCUT2D eigenvalue weighted by Crippen LogP contribution is -2.59. The molecule has 0 bridgehead atoms. The largest absolute Gasteiger partial charge is 0.490 e. The molecule has 0 unspecified atom stereocenters. The smallest absolute Gasteiger partial charge is 0.408 e. The summed E-state index contributed by atoms with van der Waals surface area (Å²) < 4.78 is 24.0. The van der Waals surface area contributed by atoms with Gasteiger partial charge < -0.3 is 24.3 Å².